The maximum absolute atomic E-state index is 13.0. The van der Waals surface area contributed by atoms with Gasteiger partial charge in [0.15, 0.2) is 11.2 Å². The van der Waals surface area contributed by atoms with Gasteiger partial charge in [0.1, 0.15) is 0 Å². The van der Waals surface area contributed by atoms with Crippen LogP contribution in [0.1, 0.15) is 12.0 Å². The zero-order valence-corrected chi connectivity index (χ0v) is 16.3. The molecule has 0 saturated carbocycles. The van der Waals surface area contributed by atoms with Crippen molar-refractivity contribution in [3.63, 3.8) is 0 Å². The van der Waals surface area contributed by atoms with Gasteiger partial charge in [0.05, 0.1) is 19.2 Å². The third-order valence-electron chi connectivity index (χ3n) is 4.65. The first-order valence-corrected chi connectivity index (χ1v) is 9.14. The number of aromatic nitrogens is 4. The van der Waals surface area contributed by atoms with Crippen LogP contribution in [-0.4, -0.2) is 48.2 Å². The number of aryl methyl sites for hydroxylation is 2. The first kappa shape index (κ1) is 20.1. The summed E-state index contributed by atoms with van der Waals surface area (Å²) in [6.45, 7) is -0.200. The van der Waals surface area contributed by atoms with Crippen LogP contribution in [0.15, 0.2) is 33.9 Å². The highest BCUT2D eigenvalue weighted by Gasteiger charge is 2.20. The highest BCUT2D eigenvalue weighted by Crippen LogP contribution is 2.15. The molecule has 2 heterocycles. The number of rotatable bonds is 7. The summed E-state index contributed by atoms with van der Waals surface area (Å²) in [5, 5.41) is 22.1. The van der Waals surface area contributed by atoms with Gasteiger partial charge in [-0.15, -0.1) is 0 Å². The van der Waals surface area contributed by atoms with Gasteiger partial charge in [-0.2, -0.15) is 4.98 Å². The Kier molecular flexibility index (Phi) is 5.87. The Morgan fingerprint density at radius 1 is 1.14 bits per heavy atom. The zero-order valence-electron chi connectivity index (χ0n) is 15.6. The van der Waals surface area contributed by atoms with Crippen molar-refractivity contribution in [2.45, 2.75) is 19.0 Å². The summed E-state index contributed by atoms with van der Waals surface area (Å²) in [4.78, 5) is 30.1. The molecule has 0 aliphatic carbocycles. The second-order valence-electron chi connectivity index (χ2n) is 6.56. The first-order valence-electron chi connectivity index (χ1n) is 8.76. The molecule has 0 spiro atoms. The molecule has 1 aromatic carbocycles. The number of imidazole rings is 1. The van der Waals surface area contributed by atoms with Gasteiger partial charge in [-0.25, -0.2) is 4.79 Å². The van der Waals surface area contributed by atoms with Gasteiger partial charge in [0, 0.05) is 25.7 Å². The van der Waals surface area contributed by atoms with Crippen molar-refractivity contribution >= 4 is 28.7 Å². The standard InChI is InChI=1S/C18H22ClN5O4/c1-22-14-15(21-17(22)20-13(10-26)7-8-25)23(2)18(28)24(16(14)27)9-11-3-5-12(19)6-4-11/h3-6,13,25-26H,7-10H2,1-2H3,(H,20,21)/t13-/m1/s1. The second kappa shape index (κ2) is 8.17. The Balaban J connectivity index is 2.10. The zero-order chi connectivity index (χ0) is 20.4. The lowest BCUT2D eigenvalue weighted by Crippen LogP contribution is -2.39. The van der Waals surface area contributed by atoms with E-state index < -0.39 is 17.3 Å². The summed E-state index contributed by atoms with van der Waals surface area (Å²) in [5.41, 5.74) is 0.337. The van der Waals surface area contributed by atoms with E-state index in [1.54, 1.807) is 42.9 Å². The Hall–Kier alpha value is -2.62. The normalized spacial score (nSPS) is 12.5. The Morgan fingerprint density at radius 2 is 1.82 bits per heavy atom. The molecule has 3 N–H and O–H groups in total. The van der Waals surface area contributed by atoms with Crippen LogP contribution in [0.4, 0.5) is 5.95 Å². The Labute approximate surface area is 165 Å². The SMILES string of the molecule is Cn1c(N[C@@H](CO)CCO)nc2c1c(=O)n(Cc1ccc(Cl)cc1)c(=O)n2C. The molecule has 0 radical (unpaired) electrons. The number of halogens is 1. The number of aliphatic hydroxyl groups is 2. The monoisotopic (exact) mass is 407 g/mol. The summed E-state index contributed by atoms with van der Waals surface area (Å²) >= 11 is 5.89. The molecular formula is C18H22ClN5O4. The van der Waals surface area contributed by atoms with E-state index in [0.29, 0.717) is 17.4 Å². The van der Waals surface area contributed by atoms with Crippen LogP contribution >= 0.6 is 11.6 Å². The van der Waals surface area contributed by atoms with Crippen LogP contribution in [0.25, 0.3) is 11.2 Å². The first-order chi connectivity index (χ1) is 13.4. The molecule has 10 heteroatoms. The number of nitrogens with one attached hydrogen (secondary N) is 1. The Bertz CT molecular complexity index is 1100. The third-order valence-corrected chi connectivity index (χ3v) is 4.90. The molecule has 150 valence electrons. The van der Waals surface area contributed by atoms with Crippen LogP contribution in [0.3, 0.4) is 0 Å². The average molecular weight is 408 g/mol. The quantitative estimate of drug-likeness (QED) is 0.518. The van der Waals surface area contributed by atoms with E-state index in [2.05, 4.69) is 10.3 Å². The molecule has 2 aromatic heterocycles. The molecule has 0 unspecified atom stereocenters. The van der Waals surface area contributed by atoms with Gasteiger partial charge in [0.2, 0.25) is 5.95 Å². The summed E-state index contributed by atoms with van der Waals surface area (Å²) in [7, 11) is 3.21. The largest absolute Gasteiger partial charge is 0.396 e. The molecular weight excluding hydrogens is 386 g/mol. The highest BCUT2D eigenvalue weighted by atomic mass is 35.5. The van der Waals surface area contributed by atoms with E-state index in [1.165, 1.54) is 4.57 Å². The topological polar surface area (TPSA) is 114 Å². The van der Waals surface area contributed by atoms with E-state index >= 15 is 0 Å². The van der Waals surface area contributed by atoms with Crippen molar-refractivity contribution in [1.29, 1.82) is 0 Å². The van der Waals surface area contributed by atoms with E-state index in [4.69, 9.17) is 16.7 Å². The Morgan fingerprint density at radius 3 is 2.43 bits per heavy atom. The molecule has 1 atom stereocenters. The fraction of sp³-hybridized carbons (Fsp3) is 0.389. The number of nitrogens with zero attached hydrogens (tertiary/aromatic N) is 4. The lowest BCUT2D eigenvalue weighted by atomic mass is 10.2. The molecule has 0 amide bonds. The minimum absolute atomic E-state index is 0.103. The summed E-state index contributed by atoms with van der Waals surface area (Å²) in [6.07, 6.45) is 0.319. The maximum Gasteiger partial charge on any atom is 0.332 e. The minimum Gasteiger partial charge on any atom is -0.396 e. The predicted molar refractivity (Wildman–Crippen MR) is 107 cm³/mol. The van der Waals surface area contributed by atoms with E-state index in [9.17, 15) is 14.7 Å². The molecule has 9 nitrogen and oxygen atoms in total. The molecule has 3 rings (SSSR count). The van der Waals surface area contributed by atoms with Gasteiger partial charge in [0.25, 0.3) is 5.56 Å². The van der Waals surface area contributed by atoms with E-state index in [1.807, 2.05) is 0 Å². The molecule has 28 heavy (non-hydrogen) atoms. The highest BCUT2D eigenvalue weighted by molar-refractivity contribution is 6.30. The fourth-order valence-electron chi connectivity index (χ4n) is 3.03. The molecule has 0 bridgehead atoms. The van der Waals surface area contributed by atoms with Gasteiger partial charge < -0.3 is 20.1 Å². The van der Waals surface area contributed by atoms with Crippen molar-refractivity contribution in [3.05, 3.63) is 55.7 Å². The number of hydrogen-bond acceptors (Lipinski definition) is 6. The van der Waals surface area contributed by atoms with E-state index in [0.717, 1.165) is 10.1 Å². The summed E-state index contributed by atoms with van der Waals surface area (Å²) < 4.78 is 4.02. The lowest BCUT2D eigenvalue weighted by Gasteiger charge is -2.15. The molecule has 3 aromatic rings. The second-order valence-corrected chi connectivity index (χ2v) is 7.00. The van der Waals surface area contributed by atoms with Crippen LogP contribution in [-0.2, 0) is 20.6 Å². The van der Waals surface area contributed by atoms with E-state index in [-0.39, 0.29) is 30.9 Å². The van der Waals surface area contributed by atoms with Crippen molar-refractivity contribution in [1.82, 2.24) is 18.7 Å². The number of aliphatic hydroxyl groups excluding tert-OH is 2. The van der Waals surface area contributed by atoms with Crippen LogP contribution in [0.2, 0.25) is 5.02 Å². The van der Waals surface area contributed by atoms with Crippen molar-refractivity contribution in [2.75, 3.05) is 18.5 Å². The molecule has 0 aliphatic heterocycles. The maximum atomic E-state index is 13.0. The van der Waals surface area contributed by atoms with Crippen LogP contribution in [0, 0.1) is 0 Å². The van der Waals surface area contributed by atoms with Crippen LogP contribution in [0.5, 0.6) is 0 Å². The fourth-order valence-corrected chi connectivity index (χ4v) is 3.16. The van der Waals surface area contributed by atoms with Gasteiger partial charge in [-0.05, 0) is 24.1 Å². The minimum atomic E-state index is -0.480. The van der Waals surface area contributed by atoms with Crippen molar-refractivity contribution < 1.29 is 10.2 Å². The number of benzene rings is 1. The summed E-state index contributed by atoms with van der Waals surface area (Å²) in [5.74, 6) is 0.332. The van der Waals surface area contributed by atoms with Gasteiger partial charge in [-0.1, -0.05) is 23.7 Å². The van der Waals surface area contributed by atoms with Crippen LogP contribution < -0.4 is 16.6 Å². The molecule has 0 saturated heterocycles. The number of fused-ring (bicyclic) bond motifs is 1. The van der Waals surface area contributed by atoms with Gasteiger partial charge in [-0.3, -0.25) is 13.9 Å². The number of anilines is 1. The predicted octanol–water partition coefficient (Wildman–Crippen LogP) is 0.291. The smallest absolute Gasteiger partial charge is 0.332 e. The molecule has 0 fully saturated rings. The van der Waals surface area contributed by atoms with Crippen molar-refractivity contribution in [3.8, 4) is 0 Å². The summed E-state index contributed by atoms with van der Waals surface area (Å²) in [6, 6.07) is 6.50. The lowest BCUT2D eigenvalue weighted by molar-refractivity contribution is 0.228. The third kappa shape index (κ3) is 3.68. The molecule has 0 aliphatic rings. The van der Waals surface area contributed by atoms with Gasteiger partial charge >= 0.3 is 5.69 Å². The average Bonchev–Trinajstić information content (AvgIpc) is 3.01. The number of hydrogen-bond donors (Lipinski definition) is 3. The van der Waals surface area contributed by atoms with Crippen molar-refractivity contribution in [2.24, 2.45) is 14.1 Å².